The fourth-order valence-electron chi connectivity index (χ4n) is 1.33. The molecule has 0 saturated carbocycles. The second-order valence-corrected chi connectivity index (χ2v) is 4.24. The van der Waals surface area contributed by atoms with E-state index in [0.717, 1.165) is 0 Å². The molecule has 0 saturated heterocycles. The van der Waals surface area contributed by atoms with Crippen molar-refractivity contribution in [2.45, 2.75) is 33.7 Å². The maximum absolute atomic E-state index is 4.52. The molecule has 0 aromatic rings. The van der Waals surface area contributed by atoms with Crippen molar-refractivity contribution in [1.82, 2.24) is 0 Å². The normalized spacial score (nSPS) is 28.8. The smallest absolute Gasteiger partial charge is 0.0699 e. The number of nitrogens with zero attached hydrogens (tertiary/aromatic N) is 1. The van der Waals surface area contributed by atoms with Crippen molar-refractivity contribution in [3.05, 3.63) is 12.2 Å². The van der Waals surface area contributed by atoms with Gasteiger partial charge in [0.1, 0.15) is 0 Å². The van der Waals surface area contributed by atoms with Gasteiger partial charge in [-0.3, -0.25) is 4.99 Å². The van der Waals surface area contributed by atoms with Crippen molar-refractivity contribution in [2.75, 3.05) is 0 Å². The third-order valence-corrected chi connectivity index (χ3v) is 2.41. The third-order valence-electron chi connectivity index (χ3n) is 2.41. The van der Waals surface area contributed by atoms with Crippen LogP contribution >= 0.6 is 0 Å². The summed E-state index contributed by atoms with van der Waals surface area (Å²) in [7, 11) is 0. The number of hydrogen-bond acceptors (Lipinski definition) is 1. The highest BCUT2D eigenvalue weighted by molar-refractivity contribution is 5.65. The summed E-state index contributed by atoms with van der Waals surface area (Å²) in [6.07, 6.45) is 6.65. The van der Waals surface area contributed by atoms with Crippen molar-refractivity contribution in [3.63, 3.8) is 0 Å². The second kappa shape index (κ2) is 3.88. The lowest BCUT2D eigenvalue weighted by atomic mass is 9.92. The zero-order valence-electron chi connectivity index (χ0n) is 8.49. The predicted molar refractivity (Wildman–Crippen MR) is 54.6 cm³/mol. The van der Waals surface area contributed by atoms with Gasteiger partial charge in [-0.2, -0.15) is 0 Å². The summed E-state index contributed by atoms with van der Waals surface area (Å²) < 4.78 is 0. The van der Waals surface area contributed by atoms with Crippen molar-refractivity contribution >= 4 is 6.21 Å². The molecule has 0 amide bonds. The molecule has 0 fully saturated rings. The molecule has 1 nitrogen and oxygen atoms in total. The van der Waals surface area contributed by atoms with Crippen LogP contribution in [0.5, 0.6) is 0 Å². The van der Waals surface area contributed by atoms with Gasteiger partial charge >= 0.3 is 0 Å². The SMILES string of the molecule is CC(C)C1C=CC(C(C)C)N=C1. The number of rotatable bonds is 2. The van der Waals surface area contributed by atoms with Crippen LogP contribution in [0.1, 0.15) is 27.7 Å². The first-order chi connectivity index (χ1) is 5.61. The molecule has 2 unspecified atom stereocenters. The Hall–Kier alpha value is -0.590. The molecular weight excluding hydrogens is 146 g/mol. The van der Waals surface area contributed by atoms with Gasteiger partial charge in [-0.1, -0.05) is 39.8 Å². The number of aliphatic imine (C=N–C) groups is 1. The maximum Gasteiger partial charge on any atom is 0.0699 e. The van der Waals surface area contributed by atoms with Gasteiger partial charge in [0.05, 0.1) is 6.04 Å². The standard InChI is InChI=1S/C11H19N/c1-8(2)10-5-6-11(9(3)4)12-7-10/h5-11H,1-4H3. The zero-order chi connectivity index (χ0) is 9.14. The van der Waals surface area contributed by atoms with E-state index in [1.807, 2.05) is 0 Å². The average Bonchev–Trinajstić information content (AvgIpc) is 2.04. The first-order valence-electron chi connectivity index (χ1n) is 4.83. The molecule has 1 aliphatic heterocycles. The van der Waals surface area contributed by atoms with Crippen molar-refractivity contribution < 1.29 is 0 Å². The Morgan fingerprint density at radius 1 is 1.00 bits per heavy atom. The van der Waals surface area contributed by atoms with Crippen LogP contribution in [0, 0.1) is 17.8 Å². The highest BCUT2D eigenvalue weighted by Gasteiger charge is 2.15. The van der Waals surface area contributed by atoms with Gasteiger partial charge < -0.3 is 0 Å². The average molecular weight is 165 g/mol. The molecule has 1 rings (SSSR count). The molecule has 0 spiro atoms. The first kappa shape index (κ1) is 9.50. The largest absolute Gasteiger partial charge is 0.289 e. The molecular formula is C11H19N. The summed E-state index contributed by atoms with van der Waals surface area (Å²) >= 11 is 0. The van der Waals surface area contributed by atoms with Crippen LogP contribution in [0.3, 0.4) is 0 Å². The molecule has 0 aliphatic carbocycles. The molecule has 0 N–H and O–H groups in total. The lowest BCUT2D eigenvalue weighted by Gasteiger charge is -2.20. The molecule has 12 heavy (non-hydrogen) atoms. The minimum atomic E-state index is 0.417. The Kier molecular flexibility index (Phi) is 3.07. The molecule has 0 radical (unpaired) electrons. The summed E-state index contributed by atoms with van der Waals surface area (Å²) in [4.78, 5) is 4.52. The quantitative estimate of drug-likeness (QED) is 0.558. The minimum Gasteiger partial charge on any atom is -0.289 e. The minimum absolute atomic E-state index is 0.417. The van der Waals surface area contributed by atoms with E-state index < -0.39 is 0 Å². The maximum atomic E-state index is 4.52. The molecule has 0 aromatic heterocycles. The van der Waals surface area contributed by atoms with E-state index in [0.29, 0.717) is 23.8 Å². The van der Waals surface area contributed by atoms with E-state index in [1.165, 1.54) is 0 Å². The monoisotopic (exact) mass is 165 g/mol. The fraction of sp³-hybridized carbons (Fsp3) is 0.727. The Bertz CT molecular complexity index is 155. The van der Waals surface area contributed by atoms with E-state index in [1.54, 1.807) is 0 Å². The highest BCUT2D eigenvalue weighted by Crippen LogP contribution is 2.18. The molecule has 68 valence electrons. The molecule has 1 heterocycles. The number of hydrogen-bond donors (Lipinski definition) is 0. The van der Waals surface area contributed by atoms with E-state index in [4.69, 9.17) is 0 Å². The summed E-state index contributed by atoms with van der Waals surface area (Å²) in [5.74, 6) is 1.86. The van der Waals surface area contributed by atoms with Gasteiger partial charge in [0, 0.05) is 12.1 Å². The zero-order valence-corrected chi connectivity index (χ0v) is 8.49. The van der Waals surface area contributed by atoms with Gasteiger partial charge in [0.15, 0.2) is 0 Å². The van der Waals surface area contributed by atoms with Crippen LogP contribution in [-0.4, -0.2) is 12.3 Å². The van der Waals surface area contributed by atoms with Crippen LogP contribution in [0.2, 0.25) is 0 Å². The Morgan fingerprint density at radius 3 is 2.00 bits per heavy atom. The Labute approximate surface area is 75.6 Å². The third kappa shape index (κ3) is 2.20. The van der Waals surface area contributed by atoms with Crippen molar-refractivity contribution in [1.29, 1.82) is 0 Å². The van der Waals surface area contributed by atoms with Crippen LogP contribution < -0.4 is 0 Å². The first-order valence-corrected chi connectivity index (χ1v) is 4.83. The van der Waals surface area contributed by atoms with Crippen LogP contribution in [-0.2, 0) is 0 Å². The van der Waals surface area contributed by atoms with E-state index in [-0.39, 0.29) is 0 Å². The molecule has 0 bridgehead atoms. The topological polar surface area (TPSA) is 12.4 Å². The van der Waals surface area contributed by atoms with Gasteiger partial charge in [-0.25, -0.2) is 0 Å². The molecule has 1 aliphatic rings. The summed E-state index contributed by atoms with van der Waals surface area (Å²) in [5.41, 5.74) is 0. The molecule has 2 atom stereocenters. The van der Waals surface area contributed by atoms with E-state index in [9.17, 15) is 0 Å². The van der Waals surface area contributed by atoms with E-state index >= 15 is 0 Å². The summed E-state index contributed by atoms with van der Waals surface area (Å²) in [6, 6.07) is 0.417. The lowest BCUT2D eigenvalue weighted by molar-refractivity contribution is 0.531. The van der Waals surface area contributed by atoms with Crippen molar-refractivity contribution in [3.8, 4) is 0 Å². The van der Waals surface area contributed by atoms with Crippen LogP contribution in [0.25, 0.3) is 0 Å². The predicted octanol–water partition coefficient (Wildman–Crippen LogP) is 2.92. The van der Waals surface area contributed by atoms with Crippen LogP contribution in [0.4, 0.5) is 0 Å². The fourth-order valence-corrected chi connectivity index (χ4v) is 1.33. The number of dihydropyridines is 1. The summed E-state index contributed by atoms with van der Waals surface area (Å²) in [5, 5.41) is 0. The van der Waals surface area contributed by atoms with Gasteiger partial charge in [-0.05, 0) is 11.8 Å². The van der Waals surface area contributed by atoms with E-state index in [2.05, 4.69) is 51.1 Å². The molecule has 1 heteroatoms. The number of allylic oxidation sites excluding steroid dienone is 1. The van der Waals surface area contributed by atoms with Crippen molar-refractivity contribution in [2.24, 2.45) is 22.7 Å². The summed E-state index contributed by atoms with van der Waals surface area (Å²) in [6.45, 7) is 8.89. The van der Waals surface area contributed by atoms with Crippen LogP contribution in [0.15, 0.2) is 17.1 Å². The Morgan fingerprint density at radius 2 is 1.67 bits per heavy atom. The second-order valence-electron chi connectivity index (χ2n) is 4.24. The van der Waals surface area contributed by atoms with Gasteiger partial charge in [0.2, 0.25) is 0 Å². The molecule has 0 aromatic carbocycles. The van der Waals surface area contributed by atoms with Gasteiger partial charge in [-0.15, -0.1) is 0 Å². The Balaban J connectivity index is 2.54. The van der Waals surface area contributed by atoms with Gasteiger partial charge in [0.25, 0.3) is 0 Å². The lowest BCUT2D eigenvalue weighted by Crippen LogP contribution is -2.18. The highest BCUT2D eigenvalue weighted by atomic mass is 14.8.